The first-order chi connectivity index (χ1) is 7.67. The summed E-state index contributed by atoms with van der Waals surface area (Å²) in [5.41, 5.74) is 0.870. The third kappa shape index (κ3) is 3.10. The topological polar surface area (TPSA) is 62.1 Å². The predicted octanol–water partition coefficient (Wildman–Crippen LogP) is 1.95. The van der Waals surface area contributed by atoms with Crippen LogP contribution in [0.15, 0.2) is 36.4 Å². The number of nitriles is 1. The lowest BCUT2D eigenvalue weighted by molar-refractivity contribution is -0.114. The van der Waals surface area contributed by atoms with Gasteiger partial charge in [0, 0.05) is 5.69 Å². The molecular weight excluding hydrogens is 211 g/mol. The van der Waals surface area contributed by atoms with Crippen LogP contribution in [-0.4, -0.2) is 13.0 Å². The molecule has 1 amide bonds. The van der Waals surface area contributed by atoms with E-state index in [0.717, 1.165) is 0 Å². The zero-order valence-electron chi connectivity index (χ0n) is 8.53. The number of carbonyl (C=O) groups is 1. The lowest BCUT2D eigenvalue weighted by Crippen LogP contribution is -2.12. The van der Waals surface area contributed by atoms with E-state index in [4.69, 9.17) is 5.26 Å². The van der Waals surface area contributed by atoms with E-state index in [-0.39, 0.29) is 0 Å². The molecule has 16 heavy (non-hydrogen) atoms. The Morgan fingerprint density at radius 1 is 1.50 bits per heavy atom. The van der Waals surface area contributed by atoms with Crippen LogP contribution in [-0.2, 0) is 9.53 Å². The summed E-state index contributed by atoms with van der Waals surface area (Å²) in [6, 6.07) is 8.00. The molecule has 0 unspecified atom stereocenters. The summed E-state index contributed by atoms with van der Waals surface area (Å²) in [5, 5.41) is 10.9. The van der Waals surface area contributed by atoms with E-state index in [0.29, 0.717) is 17.5 Å². The van der Waals surface area contributed by atoms with Crippen molar-refractivity contribution in [2.45, 2.75) is 0 Å². The number of ether oxygens (including phenoxy) is 1. The Labute approximate surface area is 91.9 Å². The van der Waals surface area contributed by atoms with Crippen LogP contribution in [0.4, 0.5) is 10.1 Å². The van der Waals surface area contributed by atoms with Crippen molar-refractivity contribution in [1.82, 2.24) is 0 Å². The van der Waals surface area contributed by atoms with Gasteiger partial charge in [0.2, 0.25) is 5.83 Å². The molecule has 0 radical (unpaired) electrons. The molecule has 0 heterocycles. The zero-order valence-corrected chi connectivity index (χ0v) is 8.53. The molecule has 0 aliphatic rings. The molecule has 5 heteroatoms. The highest BCUT2D eigenvalue weighted by Crippen LogP contribution is 2.10. The van der Waals surface area contributed by atoms with Gasteiger partial charge < -0.3 is 10.1 Å². The van der Waals surface area contributed by atoms with Gasteiger partial charge in [-0.1, -0.05) is 0 Å². The first-order valence-electron chi connectivity index (χ1n) is 4.37. The van der Waals surface area contributed by atoms with Gasteiger partial charge in [-0.05, 0) is 24.3 Å². The molecule has 0 aliphatic heterocycles. The van der Waals surface area contributed by atoms with Crippen molar-refractivity contribution in [3.05, 3.63) is 41.9 Å². The van der Waals surface area contributed by atoms with Gasteiger partial charge in [0.15, 0.2) is 0 Å². The number of anilines is 1. The summed E-state index contributed by atoms with van der Waals surface area (Å²) in [6.07, 6.45) is 0.707. The van der Waals surface area contributed by atoms with Crippen LogP contribution >= 0.6 is 0 Å². The highest BCUT2D eigenvalue weighted by molar-refractivity contribution is 6.01. The monoisotopic (exact) mass is 220 g/mol. The second-order valence-corrected chi connectivity index (χ2v) is 2.84. The number of hydrogen-bond acceptors (Lipinski definition) is 3. The van der Waals surface area contributed by atoms with Gasteiger partial charge in [-0.3, -0.25) is 4.79 Å². The number of methoxy groups -OCH3 is 1. The Morgan fingerprint density at radius 3 is 2.62 bits per heavy atom. The summed E-state index contributed by atoms with van der Waals surface area (Å²) < 4.78 is 17.3. The van der Waals surface area contributed by atoms with Crippen molar-refractivity contribution < 1.29 is 13.9 Å². The Kier molecular flexibility index (Phi) is 4.04. The second-order valence-electron chi connectivity index (χ2n) is 2.84. The van der Waals surface area contributed by atoms with Gasteiger partial charge in [0.25, 0.3) is 5.91 Å². The van der Waals surface area contributed by atoms with E-state index in [9.17, 15) is 9.18 Å². The van der Waals surface area contributed by atoms with E-state index in [1.165, 1.54) is 31.4 Å². The van der Waals surface area contributed by atoms with E-state index in [2.05, 4.69) is 10.1 Å². The smallest absolute Gasteiger partial charge is 0.287 e. The molecule has 0 saturated heterocycles. The van der Waals surface area contributed by atoms with Crippen LogP contribution in [0.2, 0.25) is 0 Å². The minimum Gasteiger partial charge on any atom is -0.501 e. The van der Waals surface area contributed by atoms with Crippen LogP contribution in [0.1, 0.15) is 5.56 Å². The number of rotatable bonds is 3. The Balaban J connectivity index is 2.71. The Morgan fingerprint density at radius 2 is 2.12 bits per heavy atom. The first kappa shape index (κ1) is 11.7. The highest BCUT2D eigenvalue weighted by Gasteiger charge is 2.08. The van der Waals surface area contributed by atoms with Gasteiger partial charge in [0.05, 0.1) is 18.7 Å². The van der Waals surface area contributed by atoms with Gasteiger partial charge in [-0.2, -0.15) is 9.65 Å². The summed E-state index contributed by atoms with van der Waals surface area (Å²) in [5.74, 6) is -1.92. The fraction of sp³-hybridized carbons (Fsp3) is 0.0909. The quantitative estimate of drug-likeness (QED) is 0.625. The Bertz CT molecular complexity index is 446. The SMILES string of the molecule is CO/C=C(\F)C(=O)Nc1ccc(C#N)cc1. The number of benzene rings is 1. The van der Waals surface area contributed by atoms with Crippen LogP contribution in [0, 0.1) is 11.3 Å². The van der Waals surface area contributed by atoms with Gasteiger partial charge in [0.1, 0.15) is 6.26 Å². The number of hydrogen-bond donors (Lipinski definition) is 1. The summed E-state index contributed by atoms with van der Waals surface area (Å²) in [7, 11) is 1.24. The van der Waals surface area contributed by atoms with Crippen LogP contribution < -0.4 is 5.32 Å². The molecule has 1 rings (SSSR count). The third-order valence-electron chi connectivity index (χ3n) is 1.71. The maximum absolute atomic E-state index is 12.9. The maximum atomic E-state index is 12.9. The van der Waals surface area contributed by atoms with Crippen molar-refractivity contribution in [1.29, 1.82) is 5.26 Å². The van der Waals surface area contributed by atoms with E-state index < -0.39 is 11.7 Å². The number of carbonyl (C=O) groups excluding carboxylic acids is 1. The minimum absolute atomic E-state index is 0.406. The Hall–Kier alpha value is -2.35. The van der Waals surface area contributed by atoms with E-state index in [1.54, 1.807) is 0 Å². The zero-order chi connectivity index (χ0) is 12.0. The molecule has 0 aromatic heterocycles. The molecule has 1 aromatic carbocycles. The molecule has 82 valence electrons. The van der Waals surface area contributed by atoms with Gasteiger partial charge in [-0.25, -0.2) is 0 Å². The second kappa shape index (κ2) is 5.51. The summed E-state index contributed by atoms with van der Waals surface area (Å²) in [6.45, 7) is 0. The number of nitrogens with one attached hydrogen (secondary N) is 1. The number of halogens is 1. The van der Waals surface area contributed by atoms with Crippen LogP contribution in [0.5, 0.6) is 0 Å². The lowest BCUT2D eigenvalue weighted by Gasteiger charge is -2.02. The summed E-state index contributed by atoms with van der Waals surface area (Å²) in [4.78, 5) is 11.2. The number of amides is 1. The molecule has 1 N–H and O–H groups in total. The van der Waals surface area contributed by atoms with Crippen LogP contribution in [0.3, 0.4) is 0 Å². The first-order valence-corrected chi connectivity index (χ1v) is 4.37. The molecule has 0 aliphatic carbocycles. The largest absolute Gasteiger partial charge is 0.501 e. The minimum atomic E-state index is -1.02. The van der Waals surface area contributed by atoms with E-state index in [1.807, 2.05) is 6.07 Å². The molecule has 0 saturated carbocycles. The van der Waals surface area contributed by atoms with E-state index >= 15 is 0 Å². The molecule has 0 bridgehead atoms. The number of nitrogens with zero attached hydrogens (tertiary/aromatic N) is 1. The standard InChI is InChI=1S/C11H9FN2O2/c1-16-7-10(12)11(15)14-9-4-2-8(6-13)3-5-9/h2-5,7H,1H3,(H,14,15)/b10-7-. The molecular formula is C11H9FN2O2. The molecule has 0 spiro atoms. The molecule has 1 aromatic rings. The third-order valence-corrected chi connectivity index (χ3v) is 1.71. The molecule has 4 nitrogen and oxygen atoms in total. The highest BCUT2D eigenvalue weighted by atomic mass is 19.1. The fourth-order valence-corrected chi connectivity index (χ4v) is 0.976. The van der Waals surface area contributed by atoms with Crippen molar-refractivity contribution >= 4 is 11.6 Å². The van der Waals surface area contributed by atoms with Crippen molar-refractivity contribution in [3.8, 4) is 6.07 Å². The lowest BCUT2D eigenvalue weighted by atomic mass is 10.2. The molecule has 0 atom stereocenters. The van der Waals surface area contributed by atoms with Gasteiger partial charge >= 0.3 is 0 Å². The van der Waals surface area contributed by atoms with Crippen LogP contribution in [0.25, 0.3) is 0 Å². The average molecular weight is 220 g/mol. The normalized spacial score (nSPS) is 10.4. The summed E-state index contributed by atoms with van der Waals surface area (Å²) >= 11 is 0. The predicted molar refractivity (Wildman–Crippen MR) is 56.0 cm³/mol. The van der Waals surface area contributed by atoms with Gasteiger partial charge in [-0.15, -0.1) is 0 Å². The maximum Gasteiger partial charge on any atom is 0.287 e. The fourth-order valence-electron chi connectivity index (χ4n) is 0.976. The van der Waals surface area contributed by atoms with Crippen molar-refractivity contribution in [2.24, 2.45) is 0 Å². The van der Waals surface area contributed by atoms with Crippen molar-refractivity contribution in [3.63, 3.8) is 0 Å². The molecule has 0 fully saturated rings. The van der Waals surface area contributed by atoms with Crippen molar-refractivity contribution in [2.75, 3.05) is 12.4 Å². The average Bonchev–Trinajstić information content (AvgIpc) is 2.30.